The van der Waals surface area contributed by atoms with Gasteiger partial charge in [0.2, 0.25) is 0 Å². The number of benzene rings is 1. The van der Waals surface area contributed by atoms with Crippen LogP contribution >= 0.6 is 0 Å². The smallest absolute Gasteiger partial charge is 0.433 e. The van der Waals surface area contributed by atoms with Gasteiger partial charge in [-0.2, -0.15) is 13.2 Å². The van der Waals surface area contributed by atoms with Crippen LogP contribution in [0.25, 0.3) is 22.6 Å². The van der Waals surface area contributed by atoms with E-state index in [4.69, 9.17) is 14.8 Å². The van der Waals surface area contributed by atoms with Gasteiger partial charge in [-0.3, -0.25) is 9.88 Å². The first kappa shape index (κ1) is 25.0. The Bertz CT molecular complexity index is 1350. The van der Waals surface area contributed by atoms with E-state index in [0.717, 1.165) is 60.0 Å². The van der Waals surface area contributed by atoms with Gasteiger partial charge in [0.1, 0.15) is 37.2 Å². The fraction of sp³-hybridized carbons (Fsp3) is 0.320. The van der Waals surface area contributed by atoms with E-state index in [1.54, 1.807) is 0 Å². The predicted octanol–water partition coefficient (Wildman–Crippen LogP) is 1.99. The van der Waals surface area contributed by atoms with Crippen LogP contribution in [0.4, 0.5) is 18.9 Å². The van der Waals surface area contributed by atoms with Gasteiger partial charge in [0.15, 0.2) is 5.65 Å². The second kappa shape index (κ2) is 10.4. The summed E-state index contributed by atoms with van der Waals surface area (Å²) in [7, 11) is 2.02. The quantitative estimate of drug-likeness (QED) is 0.368. The maximum Gasteiger partial charge on any atom is 0.433 e. The van der Waals surface area contributed by atoms with Gasteiger partial charge < -0.3 is 19.7 Å². The molecule has 4 aromatic rings. The summed E-state index contributed by atoms with van der Waals surface area (Å²) in [5.41, 5.74) is 4.35. The Hall–Kier alpha value is -3.64. The third kappa shape index (κ3) is 5.54. The predicted molar refractivity (Wildman–Crippen MR) is 137 cm³/mol. The lowest BCUT2D eigenvalue weighted by Gasteiger charge is -2.36. The molecule has 1 aliphatic heterocycles. The topological polar surface area (TPSA) is 90.4 Å². The van der Waals surface area contributed by atoms with E-state index in [1.807, 2.05) is 38.3 Å². The Morgan fingerprint density at radius 1 is 1.00 bits per heavy atom. The number of H-pyrrole nitrogens is 1. The maximum absolute atomic E-state index is 12.8. The summed E-state index contributed by atoms with van der Waals surface area (Å²) in [6.07, 6.45) is -1.28. The summed E-state index contributed by atoms with van der Waals surface area (Å²) in [4.78, 5) is 20.8. The van der Waals surface area contributed by atoms with E-state index in [0.29, 0.717) is 23.8 Å². The van der Waals surface area contributed by atoms with Crippen LogP contribution in [0.3, 0.4) is 0 Å². The number of aliphatic hydroxyl groups excluding tert-OH is 1. The minimum Gasteiger partial charge on any atom is -0.491 e. The summed E-state index contributed by atoms with van der Waals surface area (Å²) < 4.78 is 43.8. The van der Waals surface area contributed by atoms with Crippen molar-refractivity contribution in [3.8, 4) is 17.1 Å². The lowest BCUT2D eigenvalue weighted by Crippen LogP contribution is -2.47. The van der Waals surface area contributed by atoms with Crippen molar-refractivity contribution in [1.29, 1.82) is 0 Å². The number of anilines is 1. The molecule has 0 aliphatic carbocycles. The highest BCUT2D eigenvalue weighted by molar-refractivity contribution is 6.37. The van der Waals surface area contributed by atoms with Crippen molar-refractivity contribution in [1.82, 2.24) is 24.8 Å². The Balaban J connectivity index is 1.29. The standard InChI is InChI=1S/C25H26BF3N6O2/c26-19-14-31-24-21(32-23(33-24)17-2-4-18(5-3-17)37-12-11-36)22(19)35-9-7-34(8-10-35)15-16-1-6-20(30-13-16)25(27,28)29/h1-6,13-14,36H,7-12,15,26H2,(H,31,32,33). The zero-order chi connectivity index (χ0) is 26.0. The summed E-state index contributed by atoms with van der Waals surface area (Å²) in [5, 5.41) is 8.92. The molecule has 0 atom stereocenters. The lowest BCUT2D eigenvalue weighted by atomic mass is 9.95. The molecule has 1 saturated heterocycles. The first-order valence-corrected chi connectivity index (χ1v) is 12.0. The number of halogens is 3. The molecule has 0 spiro atoms. The summed E-state index contributed by atoms with van der Waals surface area (Å²) in [6, 6.07) is 10.0. The third-order valence-corrected chi connectivity index (χ3v) is 6.37. The fourth-order valence-electron chi connectivity index (χ4n) is 4.51. The average molecular weight is 510 g/mol. The van der Waals surface area contributed by atoms with E-state index >= 15 is 0 Å². The van der Waals surface area contributed by atoms with Gasteiger partial charge in [0.25, 0.3) is 0 Å². The minimum atomic E-state index is -4.43. The van der Waals surface area contributed by atoms with Crippen molar-refractivity contribution >= 4 is 30.2 Å². The molecule has 0 unspecified atom stereocenters. The van der Waals surface area contributed by atoms with Crippen LogP contribution in [0.5, 0.6) is 5.75 Å². The summed E-state index contributed by atoms with van der Waals surface area (Å²) >= 11 is 0. The van der Waals surface area contributed by atoms with Crippen LogP contribution in [0.2, 0.25) is 0 Å². The first-order chi connectivity index (χ1) is 17.8. The molecule has 37 heavy (non-hydrogen) atoms. The molecule has 5 rings (SSSR count). The van der Waals surface area contributed by atoms with Gasteiger partial charge in [0.05, 0.1) is 12.3 Å². The van der Waals surface area contributed by atoms with E-state index in [1.165, 1.54) is 12.3 Å². The monoisotopic (exact) mass is 510 g/mol. The number of aliphatic hydroxyl groups is 1. The van der Waals surface area contributed by atoms with E-state index in [9.17, 15) is 13.2 Å². The molecule has 2 N–H and O–H groups in total. The average Bonchev–Trinajstić information content (AvgIpc) is 3.32. The number of fused-ring (bicyclic) bond motifs is 1. The Kier molecular flexibility index (Phi) is 7.03. The molecule has 0 saturated carbocycles. The number of aromatic nitrogens is 4. The first-order valence-electron chi connectivity index (χ1n) is 12.0. The third-order valence-electron chi connectivity index (χ3n) is 6.37. The van der Waals surface area contributed by atoms with Crippen molar-refractivity contribution in [3.63, 3.8) is 0 Å². The normalized spacial score (nSPS) is 14.9. The molecule has 8 nitrogen and oxygen atoms in total. The maximum atomic E-state index is 12.8. The van der Waals surface area contributed by atoms with Crippen LogP contribution in [0.1, 0.15) is 11.3 Å². The Labute approximate surface area is 212 Å². The molecule has 0 bridgehead atoms. The second-order valence-corrected chi connectivity index (χ2v) is 8.98. The molecule has 12 heteroatoms. The van der Waals surface area contributed by atoms with Gasteiger partial charge in [-0.25, -0.2) is 9.97 Å². The molecule has 1 aromatic carbocycles. The van der Waals surface area contributed by atoms with Crippen LogP contribution in [-0.2, 0) is 12.7 Å². The van der Waals surface area contributed by atoms with Crippen molar-refractivity contribution in [2.45, 2.75) is 12.7 Å². The molecule has 0 radical (unpaired) electrons. The number of rotatable bonds is 7. The number of pyridine rings is 2. The van der Waals surface area contributed by atoms with Crippen LogP contribution in [0, 0.1) is 0 Å². The second-order valence-electron chi connectivity index (χ2n) is 8.98. The number of alkyl halides is 3. The molecule has 1 fully saturated rings. The number of aromatic amines is 1. The van der Waals surface area contributed by atoms with Gasteiger partial charge in [0, 0.05) is 50.7 Å². The van der Waals surface area contributed by atoms with Crippen LogP contribution in [0.15, 0.2) is 48.8 Å². The number of ether oxygens (including phenoxy) is 1. The highest BCUT2D eigenvalue weighted by atomic mass is 19.4. The van der Waals surface area contributed by atoms with Gasteiger partial charge in [-0.1, -0.05) is 6.07 Å². The van der Waals surface area contributed by atoms with Crippen LogP contribution in [-0.4, -0.2) is 77.2 Å². The summed E-state index contributed by atoms with van der Waals surface area (Å²) in [5.74, 6) is 1.38. The van der Waals surface area contributed by atoms with E-state index in [-0.39, 0.29) is 13.2 Å². The summed E-state index contributed by atoms with van der Waals surface area (Å²) in [6.45, 7) is 3.78. The molecular weight excluding hydrogens is 484 g/mol. The molecule has 4 heterocycles. The molecule has 192 valence electrons. The number of nitrogens with one attached hydrogen (secondary N) is 1. The number of imidazole rings is 1. The highest BCUT2D eigenvalue weighted by Crippen LogP contribution is 2.29. The zero-order valence-corrected chi connectivity index (χ0v) is 20.3. The van der Waals surface area contributed by atoms with Gasteiger partial charge >= 0.3 is 6.18 Å². The number of hydrogen-bond acceptors (Lipinski definition) is 7. The van der Waals surface area contributed by atoms with Crippen molar-refractivity contribution < 1.29 is 23.0 Å². The van der Waals surface area contributed by atoms with Gasteiger partial charge in [-0.05, 0) is 41.4 Å². The van der Waals surface area contributed by atoms with Crippen molar-refractivity contribution in [3.05, 3.63) is 60.0 Å². The fourth-order valence-corrected chi connectivity index (χ4v) is 4.51. The number of hydrogen-bond donors (Lipinski definition) is 2. The minimum absolute atomic E-state index is 0.0420. The molecular formula is C25H26BF3N6O2. The molecule has 1 aliphatic rings. The number of piperazine rings is 1. The Morgan fingerprint density at radius 2 is 1.76 bits per heavy atom. The van der Waals surface area contributed by atoms with Gasteiger partial charge in [-0.15, -0.1) is 0 Å². The largest absolute Gasteiger partial charge is 0.491 e. The zero-order valence-electron chi connectivity index (χ0n) is 20.3. The highest BCUT2D eigenvalue weighted by Gasteiger charge is 2.32. The molecule has 3 aromatic heterocycles. The SMILES string of the molecule is Bc1cnc2[nH]c(-c3ccc(OCCO)cc3)nc2c1N1CCN(Cc2ccc(C(F)(F)F)nc2)CC1. The van der Waals surface area contributed by atoms with Crippen molar-refractivity contribution in [2.24, 2.45) is 0 Å². The van der Waals surface area contributed by atoms with E-state index in [2.05, 4.69) is 24.8 Å². The molecule has 0 amide bonds. The number of nitrogens with zero attached hydrogens (tertiary/aromatic N) is 5. The lowest BCUT2D eigenvalue weighted by molar-refractivity contribution is -0.141. The Morgan fingerprint density at radius 3 is 2.41 bits per heavy atom. The van der Waals surface area contributed by atoms with Crippen molar-refractivity contribution in [2.75, 3.05) is 44.3 Å². The van der Waals surface area contributed by atoms with E-state index < -0.39 is 11.9 Å². The van der Waals surface area contributed by atoms with Crippen LogP contribution < -0.4 is 15.1 Å².